The number of carbonyl (C=O) groups excluding carboxylic acids is 2. The van der Waals surface area contributed by atoms with Crippen LogP contribution in [0.4, 0.5) is 0 Å². The Morgan fingerprint density at radius 2 is 1.91 bits per heavy atom. The maximum Gasteiger partial charge on any atom is 0.253 e. The summed E-state index contributed by atoms with van der Waals surface area (Å²) in [5, 5.41) is 0. The van der Waals surface area contributed by atoms with E-state index in [1.54, 1.807) is 4.90 Å². The standard InChI is InChI=1S/C18H24N2O2/c1-19(2)17(22)15-9-6-10-18(15)11-12-20(13-18)16(21)14-7-4-3-5-8-14/h3-5,7-8,15H,6,9-13H2,1-2H3/t15-,18-/m0/s1. The first-order valence-electron chi connectivity index (χ1n) is 8.09. The lowest BCUT2D eigenvalue weighted by atomic mass is 9.76. The Hall–Kier alpha value is -1.84. The summed E-state index contributed by atoms with van der Waals surface area (Å²) < 4.78 is 0. The zero-order valence-corrected chi connectivity index (χ0v) is 13.4. The van der Waals surface area contributed by atoms with E-state index in [9.17, 15) is 9.59 Å². The van der Waals surface area contributed by atoms with E-state index in [1.807, 2.05) is 49.3 Å². The number of hydrogen-bond acceptors (Lipinski definition) is 2. The van der Waals surface area contributed by atoms with Crippen LogP contribution in [0, 0.1) is 11.3 Å². The van der Waals surface area contributed by atoms with Crippen molar-refractivity contribution >= 4 is 11.8 Å². The summed E-state index contributed by atoms with van der Waals surface area (Å²) in [7, 11) is 3.66. The van der Waals surface area contributed by atoms with Crippen LogP contribution in [0.2, 0.25) is 0 Å². The van der Waals surface area contributed by atoms with E-state index in [4.69, 9.17) is 0 Å². The fourth-order valence-electron chi connectivity index (χ4n) is 4.16. The zero-order chi connectivity index (χ0) is 15.7. The summed E-state index contributed by atoms with van der Waals surface area (Å²) in [4.78, 5) is 28.8. The molecule has 4 nitrogen and oxygen atoms in total. The molecule has 1 aromatic rings. The lowest BCUT2D eigenvalue weighted by Gasteiger charge is -2.32. The highest BCUT2D eigenvalue weighted by molar-refractivity contribution is 5.94. The maximum absolute atomic E-state index is 12.6. The highest BCUT2D eigenvalue weighted by Crippen LogP contribution is 2.50. The number of likely N-dealkylation sites (tertiary alicyclic amines) is 1. The maximum atomic E-state index is 12.6. The fourth-order valence-corrected chi connectivity index (χ4v) is 4.16. The van der Waals surface area contributed by atoms with Crippen molar-refractivity contribution in [1.29, 1.82) is 0 Å². The molecule has 1 aliphatic carbocycles. The molecule has 0 radical (unpaired) electrons. The van der Waals surface area contributed by atoms with Crippen LogP contribution in [0.25, 0.3) is 0 Å². The highest BCUT2D eigenvalue weighted by atomic mass is 16.2. The molecule has 2 fully saturated rings. The molecule has 1 heterocycles. The quantitative estimate of drug-likeness (QED) is 0.841. The van der Waals surface area contributed by atoms with E-state index < -0.39 is 0 Å². The number of carbonyl (C=O) groups is 2. The van der Waals surface area contributed by atoms with Crippen LogP contribution < -0.4 is 0 Å². The van der Waals surface area contributed by atoms with Crippen molar-refractivity contribution in [3.63, 3.8) is 0 Å². The van der Waals surface area contributed by atoms with Gasteiger partial charge in [0.2, 0.25) is 5.91 Å². The Bertz CT molecular complexity index is 570. The van der Waals surface area contributed by atoms with E-state index in [0.717, 1.165) is 44.3 Å². The normalized spacial score (nSPS) is 27.4. The molecule has 4 heteroatoms. The van der Waals surface area contributed by atoms with Crippen LogP contribution in [0.15, 0.2) is 30.3 Å². The van der Waals surface area contributed by atoms with Crippen molar-refractivity contribution < 1.29 is 9.59 Å². The molecule has 0 aromatic heterocycles. The van der Waals surface area contributed by atoms with Gasteiger partial charge in [0.15, 0.2) is 0 Å². The third-order valence-corrected chi connectivity index (χ3v) is 5.34. The monoisotopic (exact) mass is 300 g/mol. The average Bonchev–Trinajstić information content (AvgIpc) is 3.14. The van der Waals surface area contributed by atoms with Gasteiger partial charge in [-0.2, -0.15) is 0 Å². The molecule has 1 aromatic carbocycles. The summed E-state index contributed by atoms with van der Waals surface area (Å²) in [5.41, 5.74) is 0.749. The number of nitrogens with zero attached hydrogens (tertiary/aromatic N) is 2. The van der Waals surface area contributed by atoms with E-state index >= 15 is 0 Å². The molecule has 1 saturated carbocycles. The third kappa shape index (κ3) is 2.51. The molecule has 0 bridgehead atoms. The van der Waals surface area contributed by atoms with Crippen LogP contribution in [0.1, 0.15) is 36.0 Å². The molecule has 2 atom stereocenters. The van der Waals surface area contributed by atoms with Crippen LogP contribution in [-0.2, 0) is 4.79 Å². The van der Waals surface area contributed by atoms with Gasteiger partial charge in [-0.3, -0.25) is 9.59 Å². The SMILES string of the molecule is CN(C)C(=O)[C@@H]1CCC[C@@]12CCN(C(=O)c1ccccc1)C2. The van der Waals surface area contributed by atoms with Crippen molar-refractivity contribution in [1.82, 2.24) is 9.80 Å². The van der Waals surface area contributed by atoms with Gasteiger partial charge in [-0.1, -0.05) is 24.6 Å². The average molecular weight is 300 g/mol. The molecule has 1 saturated heterocycles. The molecule has 1 aliphatic heterocycles. The molecule has 0 N–H and O–H groups in total. The molecular weight excluding hydrogens is 276 g/mol. The Morgan fingerprint density at radius 1 is 1.18 bits per heavy atom. The fraction of sp³-hybridized carbons (Fsp3) is 0.556. The Labute approximate surface area is 132 Å². The second-order valence-corrected chi connectivity index (χ2v) is 6.88. The lowest BCUT2D eigenvalue weighted by Crippen LogP contribution is -2.41. The van der Waals surface area contributed by atoms with Crippen LogP contribution in [0.3, 0.4) is 0 Å². The number of rotatable bonds is 2. The van der Waals surface area contributed by atoms with Gasteiger partial charge in [-0.15, -0.1) is 0 Å². The van der Waals surface area contributed by atoms with Gasteiger partial charge in [0.25, 0.3) is 5.91 Å². The van der Waals surface area contributed by atoms with Crippen molar-refractivity contribution in [3.05, 3.63) is 35.9 Å². The summed E-state index contributed by atoms with van der Waals surface area (Å²) >= 11 is 0. The van der Waals surface area contributed by atoms with Crippen molar-refractivity contribution in [2.45, 2.75) is 25.7 Å². The van der Waals surface area contributed by atoms with Gasteiger partial charge in [0.1, 0.15) is 0 Å². The second-order valence-electron chi connectivity index (χ2n) is 6.88. The Morgan fingerprint density at radius 3 is 2.59 bits per heavy atom. The Kier molecular flexibility index (Phi) is 3.94. The molecule has 22 heavy (non-hydrogen) atoms. The topological polar surface area (TPSA) is 40.6 Å². The zero-order valence-electron chi connectivity index (χ0n) is 13.4. The first-order valence-corrected chi connectivity index (χ1v) is 8.09. The molecule has 2 aliphatic rings. The van der Waals surface area contributed by atoms with Gasteiger partial charge in [0, 0.05) is 44.1 Å². The molecule has 1 spiro atoms. The summed E-state index contributed by atoms with van der Waals surface area (Å²) in [6, 6.07) is 9.44. The van der Waals surface area contributed by atoms with E-state index in [0.29, 0.717) is 0 Å². The summed E-state index contributed by atoms with van der Waals surface area (Å²) in [5.74, 6) is 0.406. The molecule has 0 unspecified atom stereocenters. The molecule has 118 valence electrons. The first-order chi connectivity index (χ1) is 10.5. The van der Waals surface area contributed by atoms with E-state index in [1.165, 1.54) is 0 Å². The van der Waals surface area contributed by atoms with E-state index in [-0.39, 0.29) is 23.1 Å². The predicted octanol–water partition coefficient (Wildman–Crippen LogP) is 2.41. The van der Waals surface area contributed by atoms with Crippen LogP contribution in [-0.4, -0.2) is 48.8 Å². The minimum absolute atomic E-state index is 0.00575. The summed E-state index contributed by atoms with van der Waals surface area (Å²) in [6.07, 6.45) is 4.08. The minimum atomic E-state index is 0.00575. The van der Waals surface area contributed by atoms with Gasteiger partial charge in [-0.05, 0) is 31.4 Å². The summed E-state index contributed by atoms with van der Waals surface area (Å²) in [6.45, 7) is 1.50. The second kappa shape index (κ2) is 5.75. The largest absolute Gasteiger partial charge is 0.349 e. The number of amides is 2. The minimum Gasteiger partial charge on any atom is -0.349 e. The molecule has 2 amide bonds. The van der Waals surface area contributed by atoms with Gasteiger partial charge in [-0.25, -0.2) is 0 Å². The van der Waals surface area contributed by atoms with Gasteiger partial charge >= 0.3 is 0 Å². The number of hydrogen-bond donors (Lipinski definition) is 0. The van der Waals surface area contributed by atoms with Gasteiger partial charge < -0.3 is 9.80 Å². The van der Waals surface area contributed by atoms with Crippen molar-refractivity contribution in [2.24, 2.45) is 11.3 Å². The lowest BCUT2D eigenvalue weighted by molar-refractivity contribution is -0.136. The highest BCUT2D eigenvalue weighted by Gasteiger charge is 2.51. The van der Waals surface area contributed by atoms with Crippen LogP contribution >= 0.6 is 0 Å². The Balaban J connectivity index is 1.76. The predicted molar refractivity (Wildman–Crippen MR) is 85.4 cm³/mol. The number of benzene rings is 1. The molecular formula is C18H24N2O2. The van der Waals surface area contributed by atoms with Crippen molar-refractivity contribution in [3.8, 4) is 0 Å². The third-order valence-electron chi connectivity index (χ3n) is 5.34. The van der Waals surface area contributed by atoms with E-state index in [2.05, 4.69) is 0 Å². The van der Waals surface area contributed by atoms with Crippen molar-refractivity contribution in [2.75, 3.05) is 27.2 Å². The molecule has 3 rings (SSSR count). The van der Waals surface area contributed by atoms with Crippen LogP contribution in [0.5, 0.6) is 0 Å². The smallest absolute Gasteiger partial charge is 0.253 e. The van der Waals surface area contributed by atoms with Gasteiger partial charge in [0.05, 0.1) is 0 Å². The first kappa shape index (κ1) is 15.1.